The Morgan fingerprint density at radius 3 is 2.95 bits per heavy atom. The fraction of sp³-hybridized carbons (Fsp3) is 0.750. The fourth-order valence-corrected chi connectivity index (χ4v) is 3.14. The standard InChI is InChI=1S/C16H27N3O/c1-4-8-19-13(3)11-17-15(19)10-14-7-6-9-18(12-14)16(20)5-2/h11,14H,4-10,12H2,1-3H3. The molecule has 112 valence electrons. The van der Waals surface area contributed by atoms with E-state index >= 15 is 0 Å². The van der Waals surface area contributed by atoms with Crippen LogP contribution in [-0.4, -0.2) is 33.4 Å². The molecular weight excluding hydrogens is 250 g/mol. The van der Waals surface area contributed by atoms with Gasteiger partial charge in [-0.05, 0) is 32.1 Å². The number of carbonyl (C=O) groups is 1. The van der Waals surface area contributed by atoms with Gasteiger partial charge in [0.05, 0.1) is 0 Å². The van der Waals surface area contributed by atoms with Gasteiger partial charge in [0.15, 0.2) is 0 Å². The van der Waals surface area contributed by atoms with Crippen LogP contribution in [0.5, 0.6) is 0 Å². The number of carbonyl (C=O) groups excluding carboxylic acids is 1. The molecule has 20 heavy (non-hydrogen) atoms. The van der Waals surface area contributed by atoms with Gasteiger partial charge in [0.1, 0.15) is 5.82 Å². The Hall–Kier alpha value is -1.32. The zero-order valence-corrected chi connectivity index (χ0v) is 13.1. The number of aryl methyl sites for hydroxylation is 1. The number of hydrogen-bond donors (Lipinski definition) is 0. The third-order valence-electron chi connectivity index (χ3n) is 4.23. The average molecular weight is 277 g/mol. The van der Waals surface area contributed by atoms with E-state index in [1.165, 1.54) is 17.9 Å². The molecule has 1 aromatic rings. The first-order valence-electron chi connectivity index (χ1n) is 7.94. The lowest BCUT2D eigenvalue weighted by molar-refractivity contribution is -0.132. The van der Waals surface area contributed by atoms with E-state index in [-0.39, 0.29) is 0 Å². The van der Waals surface area contributed by atoms with Gasteiger partial charge in [0.2, 0.25) is 5.91 Å². The minimum absolute atomic E-state index is 0.294. The first kappa shape index (κ1) is 15.1. The molecule has 0 spiro atoms. The Morgan fingerprint density at radius 1 is 1.45 bits per heavy atom. The Labute approximate surface area is 122 Å². The number of aromatic nitrogens is 2. The van der Waals surface area contributed by atoms with Crippen LogP contribution >= 0.6 is 0 Å². The van der Waals surface area contributed by atoms with Crippen LogP contribution in [0.3, 0.4) is 0 Å². The highest BCUT2D eigenvalue weighted by atomic mass is 16.2. The van der Waals surface area contributed by atoms with E-state index in [0.717, 1.165) is 38.9 Å². The second-order valence-electron chi connectivity index (χ2n) is 5.87. The van der Waals surface area contributed by atoms with Crippen LogP contribution in [0.2, 0.25) is 0 Å². The summed E-state index contributed by atoms with van der Waals surface area (Å²) in [7, 11) is 0. The van der Waals surface area contributed by atoms with Crippen LogP contribution in [0.4, 0.5) is 0 Å². The van der Waals surface area contributed by atoms with Gasteiger partial charge in [-0.1, -0.05) is 13.8 Å². The van der Waals surface area contributed by atoms with Gasteiger partial charge in [-0.2, -0.15) is 0 Å². The molecule has 0 radical (unpaired) electrons. The topological polar surface area (TPSA) is 38.1 Å². The molecule has 4 heteroatoms. The summed E-state index contributed by atoms with van der Waals surface area (Å²) >= 11 is 0. The van der Waals surface area contributed by atoms with Crippen molar-refractivity contribution in [1.82, 2.24) is 14.5 Å². The van der Waals surface area contributed by atoms with E-state index in [0.29, 0.717) is 18.2 Å². The summed E-state index contributed by atoms with van der Waals surface area (Å²) in [5.74, 6) is 2.06. The largest absolute Gasteiger partial charge is 0.342 e. The number of nitrogens with zero attached hydrogens (tertiary/aromatic N) is 3. The molecule has 1 aliphatic rings. The summed E-state index contributed by atoms with van der Waals surface area (Å²) in [6, 6.07) is 0. The molecule has 1 amide bonds. The molecule has 1 fully saturated rings. The second kappa shape index (κ2) is 6.91. The van der Waals surface area contributed by atoms with E-state index in [2.05, 4.69) is 23.4 Å². The minimum atomic E-state index is 0.294. The van der Waals surface area contributed by atoms with Gasteiger partial charge in [-0.15, -0.1) is 0 Å². The lowest BCUT2D eigenvalue weighted by Crippen LogP contribution is -2.40. The van der Waals surface area contributed by atoms with Crippen LogP contribution in [0.15, 0.2) is 6.20 Å². The molecule has 0 aromatic carbocycles. The summed E-state index contributed by atoms with van der Waals surface area (Å²) in [5.41, 5.74) is 1.25. The Morgan fingerprint density at radius 2 is 2.25 bits per heavy atom. The van der Waals surface area contributed by atoms with Crippen molar-refractivity contribution < 1.29 is 4.79 Å². The van der Waals surface area contributed by atoms with Gasteiger partial charge in [0, 0.05) is 44.4 Å². The van der Waals surface area contributed by atoms with Crippen molar-refractivity contribution in [3.05, 3.63) is 17.7 Å². The summed E-state index contributed by atoms with van der Waals surface area (Å²) in [4.78, 5) is 18.5. The quantitative estimate of drug-likeness (QED) is 0.830. The molecule has 1 atom stereocenters. The molecule has 4 nitrogen and oxygen atoms in total. The monoisotopic (exact) mass is 277 g/mol. The number of likely N-dealkylation sites (tertiary alicyclic amines) is 1. The lowest BCUT2D eigenvalue weighted by atomic mass is 9.94. The van der Waals surface area contributed by atoms with Gasteiger partial charge in [-0.25, -0.2) is 4.98 Å². The molecule has 0 saturated carbocycles. The molecule has 0 bridgehead atoms. The normalized spacial score (nSPS) is 19.4. The molecule has 0 aliphatic carbocycles. The maximum atomic E-state index is 11.8. The zero-order chi connectivity index (χ0) is 14.5. The first-order valence-corrected chi connectivity index (χ1v) is 7.94. The number of piperidine rings is 1. The van der Waals surface area contributed by atoms with E-state index < -0.39 is 0 Å². The summed E-state index contributed by atoms with van der Waals surface area (Å²) in [6.07, 6.45) is 7.07. The minimum Gasteiger partial charge on any atom is -0.342 e. The van der Waals surface area contributed by atoms with Crippen molar-refractivity contribution in [3.63, 3.8) is 0 Å². The molecule has 2 rings (SSSR count). The van der Waals surface area contributed by atoms with Crippen LogP contribution in [0.25, 0.3) is 0 Å². The van der Waals surface area contributed by atoms with Gasteiger partial charge in [-0.3, -0.25) is 4.79 Å². The molecule has 1 saturated heterocycles. The van der Waals surface area contributed by atoms with Crippen LogP contribution in [0.1, 0.15) is 51.0 Å². The fourth-order valence-electron chi connectivity index (χ4n) is 3.14. The predicted molar refractivity (Wildman–Crippen MR) is 80.6 cm³/mol. The molecule has 2 heterocycles. The maximum absolute atomic E-state index is 11.8. The molecule has 1 aliphatic heterocycles. The highest BCUT2D eigenvalue weighted by molar-refractivity contribution is 5.75. The average Bonchev–Trinajstić information content (AvgIpc) is 2.80. The van der Waals surface area contributed by atoms with Crippen molar-refractivity contribution in [1.29, 1.82) is 0 Å². The first-order chi connectivity index (χ1) is 9.65. The zero-order valence-electron chi connectivity index (χ0n) is 13.1. The second-order valence-corrected chi connectivity index (χ2v) is 5.87. The third kappa shape index (κ3) is 3.41. The van der Waals surface area contributed by atoms with E-state index in [1.54, 1.807) is 0 Å². The van der Waals surface area contributed by atoms with Gasteiger partial charge in [0.25, 0.3) is 0 Å². The van der Waals surface area contributed by atoms with Gasteiger partial charge >= 0.3 is 0 Å². The molecule has 0 N–H and O–H groups in total. The predicted octanol–water partition coefficient (Wildman–Crippen LogP) is 2.79. The number of hydrogen-bond acceptors (Lipinski definition) is 2. The van der Waals surface area contributed by atoms with Crippen molar-refractivity contribution in [2.24, 2.45) is 5.92 Å². The molecular formula is C16H27N3O. The molecule has 1 aromatic heterocycles. The smallest absolute Gasteiger partial charge is 0.222 e. The maximum Gasteiger partial charge on any atom is 0.222 e. The van der Waals surface area contributed by atoms with Gasteiger partial charge < -0.3 is 9.47 Å². The van der Waals surface area contributed by atoms with Crippen LogP contribution in [0, 0.1) is 12.8 Å². The van der Waals surface area contributed by atoms with Crippen LogP contribution < -0.4 is 0 Å². The Balaban J connectivity index is 2.01. The van der Waals surface area contributed by atoms with E-state index in [9.17, 15) is 4.79 Å². The summed E-state index contributed by atoms with van der Waals surface area (Å²) in [6.45, 7) is 9.16. The Bertz CT molecular complexity index is 453. The number of amides is 1. The van der Waals surface area contributed by atoms with Crippen molar-refractivity contribution in [2.45, 2.75) is 59.4 Å². The van der Waals surface area contributed by atoms with E-state index in [4.69, 9.17) is 0 Å². The van der Waals surface area contributed by atoms with Crippen molar-refractivity contribution in [2.75, 3.05) is 13.1 Å². The highest BCUT2D eigenvalue weighted by Crippen LogP contribution is 2.21. The lowest BCUT2D eigenvalue weighted by Gasteiger charge is -2.32. The number of rotatable bonds is 5. The van der Waals surface area contributed by atoms with Crippen molar-refractivity contribution in [3.8, 4) is 0 Å². The van der Waals surface area contributed by atoms with E-state index in [1.807, 2.05) is 18.0 Å². The Kier molecular flexibility index (Phi) is 5.21. The molecule has 1 unspecified atom stereocenters. The third-order valence-corrected chi connectivity index (χ3v) is 4.23. The van der Waals surface area contributed by atoms with Crippen molar-refractivity contribution >= 4 is 5.91 Å². The van der Waals surface area contributed by atoms with Crippen LogP contribution in [-0.2, 0) is 17.8 Å². The number of imidazole rings is 1. The highest BCUT2D eigenvalue weighted by Gasteiger charge is 2.24. The summed E-state index contributed by atoms with van der Waals surface area (Å²) < 4.78 is 2.33. The summed E-state index contributed by atoms with van der Waals surface area (Å²) in [5, 5.41) is 0. The SMILES string of the molecule is CCCn1c(C)cnc1CC1CCCN(C(=O)CC)C1.